The number of rotatable bonds is 2. The van der Waals surface area contributed by atoms with Gasteiger partial charge in [0.2, 0.25) is 0 Å². The first-order valence-corrected chi connectivity index (χ1v) is 14.8. The number of nitrogens with zero attached hydrogens (tertiary/aromatic N) is 2. The second-order valence-electron chi connectivity index (χ2n) is 9.64. The van der Waals surface area contributed by atoms with E-state index in [2.05, 4.69) is 174 Å². The zero-order valence-electron chi connectivity index (χ0n) is 21.5. The van der Waals surface area contributed by atoms with Crippen LogP contribution in [0, 0.1) is 0 Å². The fourth-order valence-corrected chi connectivity index (χ4v) is 6.55. The van der Waals surface area contributed by atoms with Gasteiger partial charge in [0.1, 0.15) is 0 Å². The number of benzene rings is 6. The van der Waals surface area contributed by atoms with Gasteiger partial charge in [0.25, 0.3) is 0 Å². The summed E-state index contributed by atoms with van der Waals surface area (Å²) in [4.78, 5) is 0. The molecule has 0 amide bonds. The van der Waals surface area contributed by atoms with Crippen molar-refractivity contribution in [2.24, 2.45) is 0 Å². The van der Waals surface area contributed by atoms with Crippen molar-refractivity contribution < 1.29 is 0 Å². The summed E-state index contributed by atoms with van der Waals surface area (Å²) in [5.74, 6) is 0. The highest BCUT2D eigenvalue weighted by Crippen LogP contribution is 2.35. The van der Waals surface area contributed by atoms with Crippen LogP contribution in [0.15, 0.2) is 155 Å². The molecule has 0 saturated carbocycles. The largest absolute Gasteiger partial charge is 0.308 e. The van der Waals surface area contributed by atoms with Gasteiger partial charge in [-0.15, -0.1) is 0 Å². The Hall–Kier alpha value is -4.12. The van der Waals surface area contributed by atoms with E-state index in [9.17, 15) is 0 Å². The van der Waals surface area contributed by atoms with Gasteiger partial charge in [-0.2, -0.15) is 0 Å². The van der Waals surface area contributed by atoms with E-state index in [0.29, 0.717) is 0 Å². The number of para-hydroxylation sites is 6. The molecule has 2 heterocycles. The summed E-state index contributed by atoms with van der Waals surface area (Å²) in [6.45, 7) is 0. The molecule has 2 aromatic heterocycles. The Labute approximate surface area is 249 Å². The Morgan fingerprint density at radius 1 is 0.300 bits per heavy atom. The molecule has 192 valence electrons. The highest BCUT2D eigenvalue weighted by atomic mass is 79.9. The maximum atomic E-state index is 3.67. The predicted octanol–water partition coefficient (Wildman–Crippen LogP) is 11.1. The Morgan fingerprint density at radius 3 is 0.850 bits per heavy atom. The van der Waals surface area contributed by atoms with Gasteiger partial charge >= 0.3 is 0 Å². The second kappa shape index (κ2) is 10.5. The van der Waals surface area contributed by atoms with Gasteiger partial charge in [-0.25, -0.2) is 0 Å². The SMILES string of the molecule is Brc1ccccc1-n1c2ccccc2c2ccccc21.Brc1ccccc1-n1c2ccccc2c2ccccc21. The van der Waals surface area contributed by atoms with Crippen molar-refractivity contribution in [3.8, 4) is 11.4 Å². The summed E-state index contributed by atoms with van der Waals surface area (Å²) >= 11 is 7.34. The Morgan fingerprint density at radius 2 is 0.550 bits per heavy atom. The lowest BCUT2D eigenvalue weighted by atomic mass is 10.2. The summed E-state index contributed by atoms with van der Waals surface area (Å²) in [6, 6.07) is 50.9. The average Bonchev–Trinajstić information content (AvgIpc) is 3.51. The molecule has 0 aliphatic heterocycles. The summed E-state index contributed by atoms with van der Waals surface area (Å²) in [5.41, 5.74) is 7.29. The molecule has 2 nitrogen and oxygen atoms in total. The normalized spacial score (nSPS) is 11.2. The van der Waals surface area contributed by atoms with Crippen LogP contribution >= 0.6 is 31.9 Å². The Kier molecular flexibility index (Phi) is 6.51. The molecule has 0 fully saturated rings. The van der Waals surface area contributed by atoms with Gasteiger partial charge in [0.05, 0.1) is 33.4 Å². The number of fused-ring (bicyclic) bond motifs is 6. The lowest BCUT2D eigenvalue weighted by molar-refractivity contribution is 1.17. The van der Waals surface area contributed by atoms with Crippen LogP contribution in [-0.4, -0.2) is 9.13 Å². The lowest BCUT2D eigenvalue weighted by Gasteiger charge is -2.09. The zero-order chi connectivity index (χ0) is 27.1. The van der Waals surface area contributed by atoms with E-state index in [1.54, 1.807) is 0 Å². The Bertz CT molecular complexity index is 1890. The summed E-state index contributed by atoms with van der Waals surface area (Å²) in [6.07, 6.45) is 0. The molecular weight excluding hydrogens is 620 g/mol. The molecule has 4 heteroatoms. The van der Waals surface area contributed by atoms with E-state index in [-0.39, 0.29) is 0 Å². The first kappa shape index (κ1) is 24.9. The maximum Gasteiger partial charge on any atom is 0.0604 e. The van der Waals surface area contributed by atoms with Crippen LogP contribution in [0.1, 0.15) is 0 Å². The van der Waals surface area contributed by atoms with Crippen LogP contribution in [-0.2, 0) is 0 Å². The predicted molar refractivity (Wildman–Crippen MR) is 177 cm³/mol. The molecule has 0 aliphatic rings. The minimum atomic E-state index is 1.10. The first-order chi connectivity index (χ1) is 19.7. The fourth-order valence-electron chi connectivity index (χ4n) is 5.63. The number of aromatic nitrogens is 2. The molecule has 0 saturated heterocycles. The number of halogens is 2. The monoisotopic (exact) mass is 642 g/mol. The number of hydrogen-bond donors (Lipinski definition) is 0. The van der Waals surface area contributed by atoms with Crippen molar-refractivity contribution in [1.82, 2.24) is 9.13 Å². The van der Waals surface area contributed by atoms with Crippen molar-refractivity contribution >= 4 is 75.5 Å². The van der Waals surface area contributed by atoms with Crippen LogP contribution in [0.2, 0.25) is 0 Å². The van der Waals surface area contributed by atoms with Crippen LogP contribution in [0.4, 0.5) is 0 Å². The Balaban J connectivity index is 0.000000132. The van der Waals surface area contributed by atoms with Gasteiger partial charge in [-0.1, -0.05) is 97.1 Å². The third-order valence-corrected chi connectivity index (χ3v) is 8.69. The van der Waals surface area contributed by atoms with Crippen LogP contribution in [0.5, 0.6) is 0 Å². The summed E-state index contributed by atoms with van der Waals surface area (Å²) in [7, 11) is 0. The summed E-state index contributed by atoms with van der Waals surface area (Å²) < 4.78 is 6.83. The van der Waals surface area contributed by atoms with E-state index in [0.717, 1.165) is 8.95 Å². The van der Waals surface area contributed by atoms with Gasteiger partial charge in [0.15, 0.2) is 0 Å². The van der Waals surface area contributed by atoms with Crippen LogP contribution in [0.25, 0.3) is 55.0 Å². The minimum absolute atomic E-state index is 1.10. The molecule has 40 heavy (non-hydrogen) atoms. The number of hydrogen-bond acceptors (Lipinski definition) is 0. The molecule has 8 aromatic rings. The van der Waals surface area contributed by atoms with Gasteiger partial charge in [-0.05, 0) is 80.4 Å². The average molecular weight is 644 g/mol. The molecule has 0 radical (unpaired) electrons. The zero-order valence-corrected chi connectivity index (χ0v) is 24.7. The fraction of sp³-hybridized carbons (Fsp3) is 0. The van der Waals surface area contributed by atoms with E-state index < -0.39 is 0 Å². The van der Waals surface area contributed by atoms with E-state index >= 15 is 0 Å². The maximum absolute atomic E-state index is 3.67. The molecule has 8 rings (SSSR count). The summed E-state index contributed by atoms with van der Waals surface area (Å²) in [5, 5.41) is 5.16. The second-order valence-corrected chi connectivity index (χ2v) is 11.4. The molecule has 0 spiro atoms. The van der Waals surface area contributed by atoms with Crippen LogP contribution in [0.3, 0.4) is 0 Å². The van der Waals surface area contributed by atoms with Crippen LogP contribution < -0.4 is 0 Å². The van der Waals surface area contributed by atoms with Crippen molar-refractivity contribution in [2.45, 2.75) is 0 Å². The third-order valence-electron chi connectivity index (χ3n) is 7.35. The highest BCUT2D eigenvalue weighted by Gasteiger charge is 2.13. The smallest absolute Gasteiger partial charge is 0.0604 e. The molecule has 0 unspecified atom stereocenters. The van der Waals surface area contributed by atoms with Gasteiger partial charge in [-0.3, -0.25) is 0 Å². The molecule has 0 bridgehead atoms. The molecule has 0 aliphatic carbocycles. The standard InChI is InChI=1S/2C18H12BrN/c2*19-15-9-3-6-12-18(15)20-16-10-4-1-7-13(16)14-8-2-5-11-17(14)20/h2*1-12H. The van der Waals surface area contributed by atoms with E-state index in [1.807, 2.05) is 12.1 Å². The third kappa shape index (κ3) is 4.16. The van der Waals surface area contributed by atoms with Gasteiger partial charge in [0, 0.05) is 30.5 Å². The van der Waals surface area contributed by atoms with Crippen molar-refractivity contribution in [3.63, 3.8) is 0 Å². The van der Waals surface area contributed by atoms with Crippen molar-refractivity contribution in [3.05, 3.63) is 155 Å². The van der Waals surface area contributed by atoms with E-state index in [1.165, 1.54) is 55.0 Å². The highest BCUT2D eigenvalue weighted by molar-refractivity contribution is 9.11. The van der Waals surface area contributed by atoms with E-state index in [4.69, 9.17) is 0 Å². The quantitative estimate of drug-likeness (QED) is 0.177. The van der Waals surface area contributed by atoms with Gasteiger partial charge < -0.3 is 9.13 Å². The molecule has 0 atom stereocenters. The molecule has 6 aromatic carbocycles. The van der Waals surface area contributed by atoms with Crippen molar-refractivity contribution in [1.29, 1.82) is 0 Å². The minimum Gasteiger partial charge on any atom is -0.308 e. The lowest BCUT2D eigenvalue weighted by Crippen LogP contribution is -1.94. The van der Waals surface area contributed by atoms with Crippen molar-refractivity contribution in [2.75, 3.05) is 0 Å². The molecular formula is C36H24Br2N2. The molecule has 0 N–H and O–H groups in total. The first-order valence-electron chi connectivity index (χ1n) is 13.2. The topological polar surface area (TPSA) is 9.86 Å².